The lowest BCUT2D eigenvalue weighted by Crippen LogP contribution is -2.50. The van der Waals surface area contributed by atoms with Crippen LogP contribution < -0.4 is 0 Å². The Morgan fingerprint density at radius 2 is 1.85 bits per heavy atom. The standard InChI is InChI=1S/C20H27ClN2O4/c1-20(2,3)19(27)22-10-4-5-15(12-22)18(26)23(13-17(24)25)11-14-6-8-16(21)9-7-14/h6-9,15H,4-5,10-13H2,1-3H3,(H,24,25). The first-order valence-corrected chi connectivity index (χ1v) is 9.50. The highest BCUT2D eigenvalue weighted by molar-refractivity contribution is 6.30. The predicted octanol–water partition coefficient (Wildman–Crippen LogP) is 3.04. The molecular formula is C20H27ClN2O4. The Balaban J connectivity index is 2.12. The number of aliphatic carboxylic acids is 1. The van der Waals surface area contributed by atoms with Crippen molar-refractivity contribution in [2.24, 2.45) is 11.3 Å². The molecule has 1 atom stereocenters. The fourth-order valence-electron chi connectivity index (χ4n) is 3.28. The minimum atomic E-state index is -1.06. The average molecular weight is 395 g/mol. The molecule has 27 heavy (non-hydrogen) atoms. The number of likely N-dealkylation sites (tertiary alicyclic amines) is 1. The first-order chi connectivity index (χ1) is 12.6. The number of halogens is 1. The second-order valence-electron chi connectivity index (χ2n) is 8.05. The van der Waals surface area contributed by atoms with Crippen molar-refractivity contribution in [2.45, 2.75) is 40.2 Å². The fraction of sp³-hybridized carbons (Fsp3) is 0.550. The van der Waals surface area contributed by atoms with Gasteiger partial charge in [0.25, 0.3) is 0 Å². The van der Waals surface area contributed by atoms with Crippen molar-refractivity contribution in [3.8, 4) is 0 Å². The van der Waals surface area contributed by atoms with Crippen LogP contribution >= 0.6 is 11.6 Å². The van der Waals surface area contributed by atoms with Gasteiger partial charge in [-0.05, 0) is 30.5 Å². The van der Waals surface area contributed by atoms with E-state index in [9.17, 15) is 19.5 Å². The number of carboxylic acid groups (broad SMARTS) is 1. The molecule has 1 saturated heterocycles. The molecule has 1 N–H and O–H groups in total. The number of benzene rings is 1. The molecule has 1 aliphatic heterocycles. The van der Waals surface area contributed by atoms with Gasteiger partial charge in [0.15, 0.2) is 0 Å². The Morgan fingerprint density at radius 1 is 1.22 bits per heavy atom. The van der Waals surface area contributed by atoms with Gasteiger partial charge in [0.2, 0.25) is 11.8 Å². The van der Waals surface area contributed by atoms with E-state index in [1.165, 1.54) is 4.90 Å². The van der Waals surface area contributed by atoms with Gasteiger partial charge >= 0.3 is 5.97 Å². The molecule has 0 saturated carbocycles. The number of rotatable bonds is 5. The average Bonchev–Trinajstić information content (AvgIpc) is 2.60. The van der Waals surface area contributed by atoms with Crippen LogP contribution in [0.2, 0.25) is 5.02 Å². The van der Waals surface area contributed by atoms with Gasteiger partial charge in [-0.3, -0.25) is 14.4 Å². The molecule has 0 spiro atoms. The zero-order valence-corrected chi connectivity index (χ0v) is 16.8. The van der Waals surface area contributed by atoms with Crippen molar-refractivity contribution in [3.63, 3.8) is 0 Å². The van der Waals surface area contributed by atoms with Gasteiger partial charge in [-0.15, -0.1) is 0 Å². The van der Waals surface area contributed by atoms with Crippen LogP contribution in [0.1, 0.15) is 39.2 Å². The van der Waals surface area contributed by atoms with Gasteiger partial charge in [-0.1, -0.05) is 44.5 Å². The zero-order chi connectivity index (χ0) is 20.2. The lowest BCUT2D eigenvalue weighted by molar-refractivity contribution is -0.150. The summed E-state index contributed by atoms with van der Waals surface area (Å²) in [5, 5.41) is 9.80. The smallest absolute Gasteiger partial charge is 0.323 e. The van der Waals surface area contributed by atoms with E-state index in [0.717, 1.165) is 12.0 Å². The molecule has 6 nitrogen and oxygen atoms in total. The molecule has 1 heterocycles. The van der Waals surface area contributed by atoms with Crippen LogP contribution in [-0.2, 0) is 20.9 Å². The molecule has 0 aromatic heterocycles. The Bertz CT molecular complexity index is 697. The quantitative estimate of drug-likeness (QED) is 0.832. The van der Waals surface area contributed by atoms with Crippen LogP contribution in [0.15, 0.2) is 24.3 Å². The fourth-order valence-corrected chi connectivity index (χ4v) is 3.41. The predicted molar refractivity (Wildman–Crippen MR) is 103 cm³/mol. The third-order valence-electron chi connectivity index (χ3n) is 4.62. The summed E-state index contributed by atoms with van der Waals surface area (Å²) in [6.07, 6.45) is 1.39. The van der Waals surface area contributed by atoms with E-state index in [-0.39, 0.29) is 30.8 Å². The van der Waals surface area contributed by atoms with E-state index in [2.05, 4.69) is 0 Å². The third-order valence-corrected chi connectivity index (χ3v) is 4.88. The molecule has 1 unspecified atom stereocenters. The maximum Gasteiger partial charge on any atom is 0.323 e. The molecule has 1 aromatic rings. The monoisotopic (exact) mass is 394 g/mol. The highest BCUT2D eigenvalue weighted by atomic mass is 35.5. The topological polar surface area (TPSA) is 77.9 Å². The van der Waals surface area contributed by atoms with Crippen LogP contribution in [0.5, 0.6) is 0 Å². The lowest BCUT2D eigenvalue weighted by atomic mass is 9.90. The molecule has 7 heteroatoms. The van der Waals surface area contributed by atoms with Crippen LogP contribution in [0.25, 0.3) is 0 Å². The van der Waals surface area contributed by atoms with Gasteiger partial charge in [-0.25, -0.2) is 0 Å². The SMILES string of the molecule is CC(C)(C)C(=O)N1CCCC(C(=O)N(CC(=O)O)Cc2ccc(Cl)cc2)C1. The summed E-state index contributed by atoms with van der Waals surface area (Å²) in [4.78, 5) is 39.9. The Labute approximate surface area is 165 Å². The molecule has 2 rings (SSSR count). The first-order valence-electron chi connectivity index (χ1n) is 9.12. The van der Waals surface area contributed by atoms with Crippen molar-refractivity contribution in [2.75, 3.05) is 19.6 Å². The number of carbonyl (C=O) groups is 3. The summed E-state index contributed by atoms with van der Waals surface area (Å²) in [5.74, 6) is -1.64. The molecule has 0 bridgehead atoms. The number of carboxylic acids is 1. The van der Waals surface area contributed by atoms with Gasteiger partial charge in [-0.2, -0.15) is 0 Å². The summed E-state index contributed by atoms with van der Waals surface area (Å²) >= 11 is 5.89. The van der Waals surface area contributed by atoms with Crippen LogP contribution in [-0.4, -0.2) is 52.3 Å². The number of hydrogen-bond donors (Lipinski definition) is 1. The minimum Gasteiger partial charge on any atom is -0.480 e. The second kappa shape index (κ2) is 8.74. The van der Waals surface area contributed by atoms with Crippen molar-refractivity contribution in [1.82, 2.24) is 9.80 Å². The maximum absolute atomic E-state index is 13.0. The lowest BCUT2D eigenvalue weighted by Gasteiger charge is -2.37. The van der Waals surface area contributed by atoms with Crippen molar-refractivity contribution in [1.29, 1.82) is 0 Å². The largest absolute Gasteiger partial charge is 0.480 e. The number of carbonyl (C=O) groups excluding carboxylic acids is 2. The van der Waals surface area contributed by atoms with E-state index in [1.54, 1.807) is 29.2 Å². The van der Waals surface area contributed by atoms with E-state index in [1.807, 2.05) is 20.8 Å². The molecule has 1 fully saturated rings. The van der Waals surface area contributed by atoms with Gasteiger partial charge in [0, 0.05) is 30.1 Å². The minimum absolute atomic E-state index is 0.0162. The molecular weight excluding hydrogens is 368 g/mol. The molecule has 148 valence electrons. The molecule has 0 radical (unpaired) electrons. The second-order valence-corrected chi connectivity index (χ2v) is 8.49. The van der Waals surface area contributed by atoms with Gasteiger partial charge in [0.1, 0.15) is 6.54 Å². The van der Waals surface area contributed by atoms with Crippen molar-refractivity contribution >= 4 is 29.4 Å². The molecule has 1 aromatic carbocycles. The Morgan fingerprint density at radius 3 is 2.41 bits per heavy atom. The zero-order valence-electron chi connectivity index (χ0n) is 16.1. The van der Waals surface area contributed by atoms with E-state index in [0.29, 0.717) is 24.5 Å². The van der Waals surface area contributed by atoms with Crippen molar-refractivity contribution < 1.29 is 19.5 Å². The summed E-state index contributed by atoms with van der Waals surface area (Å²) in [5.41, 5.74) is 0.307. The first kappa shape index (κ1) is 21.2. The van der Waals surface area contributed by atoms with Crippen LogP contribution in [0.4, 0.5) is 0 Å². The highest BCUT2D eigenvalue weighted by Crippen LogP contribution is 2.25. The molecule has 0 aliphatic carbocycles. The van der Waals surface area contributed by atoms with Crippen LogP contribution in [0.3, 0.4) is 0 Å². The van der Waals surface area contributed by atoms with E-state index < -0.39 is 11.4 Å². The van der Waals surface area contributed by atoms with Crippen LogP contribution in [0, 0.1) is 11.3 Å². The van der Waals surface area contributed by atoms with E-state index in [4.69, 9.17) is 11.6 Å². The van der Waals surface area contributed by atoms with Gasteiger partial charge < -0.3 is 14.9 Å². The van der Waals surface area contributed by atoms with Crippen molar-refractivity contribution in [3.05, 3.63) is 34.9 Å². The number of hydrogen-bond acceptors (Lipinski definition) is 3. The highest BCUT2D eigenvalue weighted by Gasteiger charge is 2.35. The molecule has 1 aliphatic rings. The Hall–Kier alpha value is -2.08. The Kier molecular flexibility index (Phi) is 6.87. The van der Waals surface area contributed by atoms with Gasteiger partial charge in [0.05, 0.1) is 5.92 Å². The number of amides is 2. The summed E-state index contributed by atoms with van der Waals surface area (Å²) in [6.45, 7) is 6.38. The number of piperidine rings is 1. The normalized spacial score (nSPS) is 17.5. The summed E-state index contributed by atoms with van der Waals surface area (Å²) < 4.78 is 0. The maximum atomic E-state index is 13.0. The molecule has 2 amide bonds. The third kappa shape index (κ3) is 5.96. The summed E-state index contributed by atoms with van der Waals surface area (Å²) in [6, 6.07) is 6.98. The number of nitrogens with zero attached hydrogens (tertiary/aromatic N) is 2. The summed E-state index contributed by atoms with van der Waals surface area (Å²) in [7, 11) is 0. The van der Waals surface area contributed by atoms with E-state index >= 15 is 0 Å².